The molecule has 1 aromatic carbocycles. The van der Waals surface area contributed by atoms with Gasteiger partial charge in [0.05, 0.1) is 18.4 Å². The van der Waals surface area contributed by atoms with E-state index in [1.165, 1.54) is 0 Å². The van der Waals surface area contributed by atoms with Gasteiger partial charge in [-0.3, -0.25) is 9.59 Å². The largest absolute Gasteiger partial charge is 0.497 e. The van der Waals surface area contributed by atoms with Crippen LogP contribution in [0.5, 0.6) is 5.75 Å². The van der Waals surface area contributed by atoms with Crippen LogP contribution in [0, 0.1) is 5.92 Å². The van der Waals surface area contributed by atoms with Gasteiger partial charge in [0, 0.05) is 6.04 Å². The first-order valence-corrected chi connectivity index (χ1v) is 7.53. The number of ether oxygens (including phenoxy) is 1. The van der Waals surface area contributed by atoms with E-state index in [2.05, 4.69) is 5.32 Å². The Morgan fingerprint density at radius 1 is 1.23 bits per heavy atom. The van der Waals surface area contributed by atoms with Gasteiger partial charge in [0.1, 0.15) is 5.75 Å². The van der Waals surface area contributed by atoms with Gasteiger partial charge in [0.2, 0.25) is 5.91 Å². The molecule has 120 valence electrons. The van der Waals surface area contributed by atoms with E-state index in [-0.39, 0.29) is 17.9 Å². The van der Waals surface area contributed by atoms with Crippen LogP contribution in [-0.2, 0) is 15.0 Å². The zero-order valence-corrected chi connectivity index (χ0v) is 13.3. The number of benzene rings is 1. The highest BCUT2D eigenvalue weighted by Gasteiger charge is 2.35. The van der Waals surface area contributed by atoms with Gasteiger partial charge in [-0.15, -0.1) is 0 Å². The predicted molar refractivity (Wildman–Crippen MR) is 82.9 cm³/mol. The topological polar surface area (TPSA) is 75.6 Å². The summed E-state index contributed by atoms with van der Waals surface area (Å²) < 4.78 is 5.13. The van der Waals surface area contributed by atoms with Gasteiger partial charge in [0.25, 0.3) is 0 Å². The highest BCUT2D eigenvalue weighted by atomic mass is 16.5. The number of aliphatic carboxylic acids is 1. The highest BCUT2D eigenvalue weighted by molar-refractivity contribution is 5.87. The van der Waals surface area contributed by atoms with Crippen LogP contribution in [0.4, 0.5) is 0 Å². The molecule has 5 nitrogen and oxygen atoms in total. The second kappa shape index (κ2) is 6.38. The van der Waals surface area contributed by atoms with Crippen molar-refractivity contribution in [2.75, 3.05) is 7.11 Å². The normalized spacial score (nSPS) is 21.4. The van der Waals surface area contributed by atoms with Gasteiger partial charge in [-0.2, -0.15) is 0 Å². The third-order valence-electron chi connectivity index (χ3n) is 4.50. The molecule has 0 saturated heterocycles. The second-order valence-electron chi connectivity index (χ2n) is 6.37. The number of rotatable bonds is 5. The molecule has 1 aromatic rings. The van der Waals surface area contributed by atoms with Crippen molar-refractivity contribution in [3.8, 4) is 5.75 Å². The van der Waals surface area contributed by atoms with Gasteiger partial charge in [-0.05, 0) is 50.8 Å². The molecule has 1 saturated carbocycles. The minimum Gasteiger partial charge on any atom is -0.497 e. The summed E-state index contributed by atoms with van der Waals surface area (Å²) in [5.41, 5.74) is 0.228. The summed E-state index contributed by atoms with van der Waals surface area (Å²) in [6, 6.07) is 7.38. The summed E-state index contributed by atoms with van der Waals surface area (Å²) in [7, 11) is 1.60. The molecule has 1 aliphatic rings. The molecule has 5 heteroatoms. The van der Waals surface area contributed by atoms with Crippen LogP contribution in [0.25, 0.3) is 0 Å². The fourth-order valence-electron chi connectivity index (χ4n) is 2.84. The van der Waals surface area contributed by atoms with Gasteiger partial charge in [0.15, 0.2) is 0 Å². The Hall–Kier alpha value is -2.04. The number of hydrogen-bond donors (Lipinski definition) is 2. The van der Waals surface area contributed by atoms with Gasteiger partial charge in [-0.25, -0.2) is 0 Å². The maximum absolute atomic E-state index is 12.6. The molecule has 2 N–H and O–H groups in total. The van der Waals surface area contributed by atoms with Crippen molar-refractivity contribution >= 4 is 11.9 Å². The lowest BCUT2D eigenvalue weighted by atomic mass is 9.83. The molecule has 0 spiro atoms. The maximum Gasteiger partial charge on any atom is 0.306 e. The first-order chi connectivity index (χ1) is 10.3. The zero-order valence-electron chi connectivity index (χ0n) is 13.3. The lowest BCUT2D eigenvalue weighted by molar-refractivity contribution is -0.141. The molecule has 1 aliphatic carbocycles. The quantitative estimate of drug-likeness (QED) is 0.875. The van der Waals surface area contributed by atoms with Crippen molar-refractivity contribution in [1.82, 2.24) is 5.32 Å². The standard InChI is InChI=1S/C17H23NO4/c1-17(2,12-5-8-14(22-3)9-6-12)16(21)18-13-7-4-11(10-13)15(19)20/h5-6,8-9,11,13H,4,7,10H2,1-3H3,(H,18,21)(H,19,20)/t11-,13+/m1/s1. The number of hydrogen-bond acceptors (Lipinski definition) is 3. The Morgan fingerprint density at radius 3 is 2.36 bits per heavy atom. The molecular weight excluding hydrogens is 282 g/mol. The first kappa shape index (κ1) is 16.3. The van der Waals surface area contributed by atoms with E-state index >= 15 is 0 Å². The van der Waals surface area contributed by atoms with Crippen molar-refractivity contribution in [3.63, 3.8) is 0 Å². The fraction of sp³-hybridized carbons (Fsp3) is 0.529. The van der Waals surface area contributed by atoms with Crippen molar-refractivity contribution < 1.29 is 19.4 Å². The van der Waals surface area contributed by atoms with E-state index in [0.29, 0.717) is 12.8 Å². The Labute approximate surface area is 130 Å². The summed E-state index contributed by atoms with van der Waals surface area (Å²) in [5, 5.41) is 12.0. The summed E-state index contributed by atoms with van der Waals surface area (Å²) in [5.74, 6) is -0.436. The molecular formula is C17H23NO4. The van der Waals surface area contributed by atoms with Crippen LogP contribution in [0.1, 0.15) is 38.7 Å². The van der Waals surface area contributed by atoms with E-state index in [4.69, 9.17) is 9.84 Å². The van der Waals surface area contributed by atoms with Crippen molar-refractivity contribution in [2.45, 2.75) is 44.6 Å². The van der Waals surface area contributed by atoms with Crippen LogP contribution in [0.15, 0.2) is 24.3 Å². The number of carboxylic acid groups (broad SMARTS) is 1. The molecule has 0 bridgehead atoms. The molecule has 0 unspecified atom stereocenters. The maximum atomic E-state index is 12.6. The molecule has 0 aliphatic heterocycles. The number of amides is 1. The van der Waals surface area contributed by atoms with Gasteiger partial charge >= 0.3 is 5.97 Å². The fourth-order valence-corrected chi connectivity index (χ4v) is 2.84. The molecule has 2 atom stereocenters. The van der Waals surface area contributed by atoms with Gasteiger partial charge < -0.3 is 15.2 Å². The summed E-state index contributed by atoms with van der Waals surface area (Å²) >= 11 is 0. The Morgan fingerprint density at radius 2 is 1.86 bits per heavy atom. The van der Waals surface area contributed by atoms with E-state index in [1.807, 2.05) is 38.1 Å². The monoisotopic (exact) mass is 305 g/mol. The van der Waals surface area contributed by atoms with Crippen molar-refractivity contribution in [1.29, 1.82) is 0 Å². The minimum absolute atomic E-state index is 0.0499. The summed E-state index contributed by atoms with van der Waals surface area (Å²) in [6.45, 7) is 3.74. The molecule has 1 amide bonds. The van der Waals surface area contributed by atoms with E-state index < -0.39 is 11.4 Å². The first-order valence-electron chi connectivity index (χ1n) is 7.53. The number of carbonyl (C=O) groups excluding carboxylic acids is 1. The average molecular weight is 305 g/mol. The smallest absolute Gasteiger partial charge is 0.306 e. The molecule has 2 rings (SSSR count). The number of methoxy groups -OCH3 is 1. The zero-order chi connectivity index (χ0) is 16.3. The third-order valence-corrected chi connectivity index (χ3v) is 4.50. The highest BCUT2D eigenvalue weighted by Crippen LogP contribution is 2.29. The number of carboxylic acids is 1. The van der Waals surface area contributed by atoms with Crippen LogP contribution >= 0.6 is 0 Å². The molecule has 0 radical (unpaired) electrons. The number of nitrogens with one attached hydrogen (secondary N) is 1. The molecule has 22 heavy (non-hydrogen) atoms. The van der Waals surface area contributed by atoms with E-state index in [9.17, 15) is 9.59 Å². The Bertz CT molecular complexity index is 550. The SMILES string of the molecule is COc1ccc(C(C)(C)C(=O)N[C@H]2CC[C@@H](C(=O)O)C2)cc1. The average Bonchev–Trinajstić information content (AvgIpc) is 2.96. The molecule has 1 fully saturated rings. The van der Waals surface area contributed by atoms with E-state index in [0.717, 1.165) is 17.7 Å². The molecule has 0 heterocycles. The second-order valence-corrected chi connectivity index (χ2v) is 6.37. The summed E-state index contributed by atoms with van der Waals surface area (Å²) in [4.78, 5) is 23.5. The number of carbonyl (C=O) groups is 2. The van der Waals surface area contributed by atoms with Crippen molar-refractivity contribution in [2.24, 2.45) is 5.92 Å². The Balaban J connectivity index is 2.02. The lowest BCUT2D eigenvalue weighted by Gasteiger charge is -2.26. The van der Waals surface area contributed by atoms with Crippen LogP contribution in [0.3, 0.4) is 0 Å². The van der Waals surface area contributed by atoms with Crippen molar-refractivity contribution in [3.05, 3.63) is 29.8 Å². The third kappa shape index (κ3) is 3.40. The van der Waals surface area contributed by atoms with Crippen LogP contribution in [-0.4, -0.2) is 30.1 Å². The summed E-state index contributed by atoms with van der Waals surface area (Å²) in [6.07, 6.45) is 1.87. The predicted octanol–water partition coefficient (Wildman–Crippen LogP) is 2.34. The lowest BCUT2D eigenvalue weighted by Crippen LogP contribution is -2.44. The minimum atomic E-state index is -0.772. The van der Waals surface area contributed by atoms with Crippen LogP contribution in [0.2, 0.25) is 0 Å². The van der Waals surface area contributed by atoms with Crippen LogP contribution < -0.4 is 10.1 Å². The van der Waals surface area contributed by atoms with Gasteiger partial charge in [-0.1, -0.05) is 12.1 Å². The molecule has 0 aromatic heterocycles. The van der Waals surface area contributed by atoms with E-state index in [1.54, 1.807) is 7.11 Å². The Kier molecular flexibility index (Phi) is 4.74.